The predicted octanol–water partition coefficient (Wildman–Crippen LogP) is 7.97. The van der Waals surface area contributed by atoms with Crippen molar-refractivity contribution in [2.24, 2.45) is 35.0 Å². The van der Waals surface area contributed by atoms with E-state index in [2.05, 4.69) is 38.2 Å². The molecule has 0 saturated heterocycles. The fourth-order valence-corrected chi connectivity index (χ4v) is 6.02. The van der Waals surface area contributed by atoms with Gasteiger partial charge in [-0.25, -0.2) is 0 Å². The summed E-state index contributed by atoms with van der Waals surface area (Å²) in [4.78, 5) is 23.2. The number of Topliss-reactive ketones (excluding diaryl/α,β-unsaturated/α-hetero) is 1. The molecule has 30 heavy (non-hydrogen) atoms. The number of carbonyl (C=O) groups is 2. The van der Waals surface area contributed by atoms with Crippen LogP contribution >= 0.6 is 0 Å². The van der Waals surface area contributed by atoms with Gasteiger partial charge in [-0.05, 0) is 56.3 Å². The minimum atomic E-state index is 0. The molecule has 4 aliphatic carbocycles. The highest BCUT2D eigenvalue weighted by atomic mass is 16.1. The Hall–Kier alpha value is -1.18. The lowest BCUT2D eigenvalue weighted by Gasteiger charge is -2.29. The summed E-state index contributed by atoms with van der Waals surface area (Å²) in [7, 11) is 0. The molecule has 2 heteroatoms. The van der Waals surface area contributed by atoms with Gasteiger partial charge in [-0.3, -0.25) is 4.79 Å². The van der Waals surface area contributed by atoms with Crippen LogP contribution in [0.5, 0.6) is 0 Å². The summed E-state index contributed by atoms with van der Waals surface area (Å²) in [5, 5.41) is 0. The smallest absolute Gasteiger partial charge is 0.142 e. The standard InChI is InChI=1S/2C13H20O.2CH4/c1-2-3-4-7-13(10-14)9-11-5-6-12(13)8-11;1-2-3-4-5-11-8-10-6-7-12(9-10)13(11)14;;/h5-6,10-12H,2-4,7-9H2,1H3;6-7,10-12H,2-5,8-9H2,1H3;2*1H4. The lowest BCUT2D eigenvalue weighted by molar-refractivity contribution is -0.128. The molecular formula is C28H48O2. The molecule has 0 radical (unpaired) electrons. The third-order valence-electron chi connectivity index (χ3n) is 7.72. The van der Waals surface area contributed by atoms with Crippen LogP contribution in [0.2, 0.25) is 0 Å². The molecule has 0 aliphatic heterocycles. The predicted molar refractivity (Wildman–Crippen MR) is 129 cm³/mol. The van der Waals surface area contributed by atoms with E-state index in [1.807, 2.05) is 0 Å². The van der Waals surface area contributed by atoms with Crippen molar-refractivity contribution in [3.8, 4) is 0 Å². The summed E-state index contributed by atoms with van der Waals surface area (Å²) in [5.74, 6) is 3.23. The number of allylic oxidation sites excluding steroid dienone is 4. The highest BCUT2D eigenvalue weighted by Gasteiger charge is 2.47. The lowest BCUT2D eigenvalue weighted by Crippen LogP contribution is -2.28. The van der Waals surface area contributed by atoms with Gasteiger partial charge in [-0.15, -0.1) is 0 Å². The Morgan fingerprint density at radius 3 is 2.20 bits per heavy atom. The van der Waals surface area contributed by atoms with Gasteiger partial charge in [-0.2, -0.15) is 0 Å². The monoisotopic (exact) mass is 416 g/mol. The van der Waals surface area contributed by atoms with Crippen molar-refractivity contribution in [1.82, 2.24) is 0 Å². The summed E-state index contributed by atoms with van der Waals surface area (Å²) >= 11 is 0. The molecule has 0 aromatic rings. The number of hydrogen-bond acceptors (Lipinski definition) is 2. The van der Waals surface area contributed by atoms with Crippen molar-refractivity contribution in [2.45, 2.75) is 106 Å². The van der Waals surface area contributed by atoms with Crippen molar-refractivity contribution >= 4 is 12.1 Å². The van der Waals surface area contributed by atoms with Gasteiger partial charge in [0.05, 0.1) is 0 Å². The van der Waals surface area contributed by atoms with E-state index in [1.54, 1.807) is 0 Å². The molecule has 2 fully saturated rings. The van der Waals surface area contributed by atoms with Crippen LogP contribution < -0.4 is 0 Å². The highest BCUT2D eigenvalue weighted by Crippen LogP contribution is 2.53. The molecular weight excluding hydrogens is 368 g/mol. The molecule has 6 atom stereocenters. The molecule has 0 amide bonds. The number of hydrogen-bond donors (Lipinski definition) is 0. The van der Waals surface area contributed by atoms with Crippen molar-refractivity contribution in [1.29, 1.82) is 0 Å². The Morgan fingerprint density at radius 2 is 1.60 bits per heavy atom. The molecule has 0 spiro atoms. The zero-order valence-corrected chi connectivity index (χ0v) is 18.1. The van der Waals surface area contributed by atoms with Crippen LogP contribution in [0, 0.1) is 35.0 Å². The maximum Gasteiger partial charge on any atom is 0.142 e. The topological polar surface area (TPSA) is 34.1 Å². The fraction of sp³-hybridized carbons (Fsp3) is 0.786. The minimum absolute atomic E-state index is 0. The first-order valence-corrected chi connectivity index (χ1v) is 12.0. The highest BCUT2D eigenvalue weighted by molar-refractivity contribution is 5.86. The lowest BCUT2D eigenvalue weighted by atomic mass is 9.73. The number of ketones is 1. The van der Waals surface area contributed by atoms with Gasteiger partial charge in [-0.1, -0.05) is 91.5 Å². The largest absolute Gasteiger partial charge is 0.303 e. The molecule has 0 aromatic heterocycles. The van der Waals surface area contributed by atoms with Gasteiger partial charge >= 0.3 is 0 Å². The van der Waals surface area contributed by atoms with Crippen LogP contribution in [-0.2, 0) is 9.59 Å². The van der Waals surface area contributed by atoms with E-state index in [9.17, 15) is 9.59 Å². The first-order valence-electron chi connectivity index (χ1n) is 12.0. The second-order valence-corrected chi connectivity index (χ2v) is 9.82. The second kappa shape index (κ2) is 12.6. The van der Waals surface area contributed by atoms with E-state index in [-0.39, 0.29) is 20.3 Å². The van der Waals surface area contributed by atoms with Crippen molar-refractivity contribution in [3.05, 3.63) is 24.3 Å². The molecule has 2 nitrogen and oxygen atoms in total. The van der Waals surface area contributed by atoms with E-state index in [4.69, 9.17) is 0 Å². The van der Waals surface area contributed by atoms with Gasteiger partial charge in [0.15, 0.2) is 0 Å². The van der Waals surface area contributed by atoms with Gasteiger partial charge in [0.1, 0.15) is 12.1 Å². The Balaban J connectivity index is 0.000000281. The Bertz CT molecular complexity index is 589. The molecule has 0 N–H and O–H groups in total. The van der Waals surface area contributed by atoms with Crippen LogP contribution in [0.15, 0.2) is 24.3 Å². The van der Waals surface area contributed by atoms with Crippen molar-refractivity contribution in [2.75, 3.05) is 0 Å². The number of aldehydes is 1. The third-order valence-corrected chi connectivity index (χ3v) is 7.72. The van der Waals surface area contributed by atoms with Crippen LogP contribution in [0.25, 0.3) is 0 Å². The Kier molecular flexibility index (Phi) is 11.3. The second-order valence-electron chi connectivity index (χ2n) is 9.82. The number of carbonyl (C=O) groups excluding carboxylic acids is 2. The van der Waals surface area contributed by atoms with E-state index in [1.165, 1.54) is 51.2 Å². The van der Waals surface area contributed by atoms with Crippen LogP contribution in [0.1, 0.15) is 106 Å². The zero-order chi connectivity index (χ0) is 20.0. The Labute approximate surface area is 187 Å². The SMILES string of the molecule is C.C.CCCCCC1(C=O)CC2C=CC1C2.CCCCCC1CC2C=CC(C2)C1=O. The van der Waals surface area contributed by atoms with Crippen LogP contribution in [0.3, 0.4) is 0 Å². The maximum absolute atomic E-state index is 11.9. The summed E-state index contributed by atoms with van der Waals surface area (Å²) in [6, 6.07) is 0. The minimum Gasteiger partial charge on any atom is -0.303 e. The first kappa shape index (κ1) is 26.9. The van der Waals surface area contributed by atoms with E-state index in [0.717, 1.165) is 38.0 Å². The van der Waals surface area contributed by atoms with Crippen LogP contribution in [-0.4, -0.2) is 12.1 Å². The molecule has 172 valence electrons. The molecule has 4 rings (SSSR count). The Morgan fingerprint density at radius 1 is 0.900 bits per heavy atom. The van der Waals surface area contributed by atoms with Gasteiger partial charge in [0.25, 0.3) is 0 Å². The molecule has 0 heterocycles. The molecule has 0 aromatic carbocycles. The van der Waals surface area contributed by atoms with Gasteiger partial charge in [0.2, 0.25) is 0 Å². The summed E-state index contributed by atoms with van der Waals surface area (Å²) in [6.07, 6.45) is 24.7. The van der Waals surface area contributed by atoms with E-state index in [0.29, 0.717) is 29.5 Å². The number of fused-ring (bicyclic) bond motifs is 4. The van der Waals surface area contributed by atoms with E-state index >= 15 is 0 Å². The zero-order valence-electron chi connectivity index (χ0n) is 18.1. The average Bonchev–Trinajstić information content (AvgIpc) is 3.42. The number of unbranched alkanes of at least 4 members (excludes halogenated alkanes) is 4. The quantitative estimate of drug-likeness (QED) is 0.217. The van der Waals surface area contributed by atoms with E-state index < -0.39 is 0 Å². The molecule has 4 aliphatic rings. The molecule has 4 bridgehead atoms. The summed E-state index contributed by atoms with van der Waals surface area (Å²) in [6.45, 7) is 4.43. The summed E-state index contributed by atoms with van der Waals surface area (Å²) < 4.78 is 0. The average molecular weight is 417 g/mol. The first-order chi connectivity index (χ1) is 13.6. The van der Waals surface area contributed by atoms with Crippen molar-refractivity contribution < 1.29 is 9.59 Å². The molecule has 2 saturated carbocycles. The summed E-state index contributed by atoms with van der Waals surface area (Å²) in [5.41, 5.74) is 0.0363. The fourth-order valence-electron chi connectivity index (χ4n) is 6.02. The molecule has 6 unspecified atom stereocenters. The van der Waals surface area contributed by atoms with Crippen LogP contribution in [0.4, 0.5) is 0 Å². The maximum atomic E-state index is 11.9. The normalized spacial score (nSPS) is 34.7. The number of rotatable bonds is 9. The van der Waals surface area contributed by atoms with Crippen molar-refractivity contribution in [3.63, 3.8) is 0 Å². The third kappa shape index (κ3) is 6.17. The van der Waals surface area contributed by atoms with Gasteiger partial charge < -0.3 is 4.79 Å². The van der Waals surface area contributed by atoms with Gasteiger partial charge in [0, 0.05) is 17.3 Å².